The Morgan fingerprint density at radius 2 is 0.726 bits per heavy atom. The maximum Gasteiger partial charge on any atom is 0.306 e. The molecule has 0 heterocycles. The number of rotatable bonds is 48. The molecule has 62 heavy (non-hydrogen) atoms. The van der Waals surface area contributed by atoms with Crippen molar-refractivity contribution < 1.29 is 23.8 Å². The number of hydrogen-bond donors (Lipinski definition) is 0. The van der Waals surface area contributed by atoms with Gasteiger partial charge >= 0.3 is 11.9 Å². The molecular formula is C57H100O5. The van der Waals surface area contributed by atoms with Gasteiger partial charge in [0.25, 0.3) is 0 Å². The predicted molar refractivity (Wildman–Crippen MR) is 270 cm³/mol. The lowest BCUT2D eigenvalue weighted by Gasteiger charge is -2.18. The molecule has 1 unspecified atom stereocenters. The van der Waals surface area contributed by atoms with Crippen LogP contribution in [-0.2, 0) is 23.8 Å². The Morgan fingerprint density at radius 1 is 0.371 bits per heavy atom. The third-order valence-electron chi connectivity index (χ3n) is 11.2. The Morgan fingerprint density at radius 3 is 1.16 bits per heavy atom. The van der Waals surface area contributed by atoms with Gasteiger partial charge in [0.2, 0.25) is 0 Å². The van der Waals surface area contributed by atoms with E-state index in [1.54, 1.807) is 0 Å². The second kappa shape index (κ2) is 52.7. The van der Waals surface area contributed by atoms with E-state index in [-0.39, 0.29) is 25.2 Å². The van der Waals surface area contributed by atoms with Gasteiger partial charge in [-0.15, -0.1) is 0 Å². The Balaban J connectivity index is 4.35. The summed E-state index contributed by atoms with van der Waals surface area (Å²) in [5, 5.41) is 0. The van der Waals surface area contributed by atoms with E-state index in [4.69, 9.17) is 14.2 Å². The highest BCUT2D eigenvalue weighted by molar-refractivity contribution is 5.70. The minimum Gasteiger partial charge on any atom is -0.462 e. The van der Waals surface area contributed by atoms with Crippen molar-refractivity contribution in [2.75, 3.05) is 19.8 Å². The number of unbranched alkanes of at least 4 members (excludes halogenated alkanes) is 25. The fourth-order valence-electron chi connectivity index (χ4n) is 7.33. The SMILES string of the molecule is CC/C=C\C/C=C\C/C=C\C/C=C\C/C=C\CCOCC(COC(=O)CCCCCCCCC/C=C\CCCCCCCC)OC(=O)CCCCCCCCCCCCCCC. The van der Waals surface area contributed by atoms with Crippen molar-refractivity contribution in [1.29, 1.82) is 0 Å². The van der Waals surface area contributed by atoms with Crippen LogP contribution in [0.5, 0.6) is 0 Å². The summed E-state index contributed by atoms with van der Waals surface area (Å²) in [7, 11) is 0. The zero-order valence-electron chi connectivity index (χ0n) is 41.1. The third kappa shape index (κ3) is 50.0. The highest BCUT2D eigenvalue weighted by atomic mass is 16.6. The first-order valence-electron chi connectivity index (χ1n) is 26.5. The van der Waals surface area contributed by atoms with Gasteiger partial charge in [-0.25, -0.2) is 0 Å². The predicted octanol–water partition coefficient (Wildman–Crippen LogP) is 17.9. The topological polar surface area (TPSA) is 61.8 Å². The molecule has 0 fully saturated rings. The van der Waals surface area contributed by atoms with Gasteiger partial charge in [-0.2, -0.15) is 0 Å². The van der Waals surface area contributed by atoms with Gasteiger partial charge in [0.1, 0.15) is 6.61 Å². The number of hydrogen-bond acceptors (Lipinski definition) is 5. The fraction of sp³-hybridized carbons (Fsp3) is 0.754. The molecule has 0 bridgehead atoms. The van der Waals surface area contributed by atoms with E-state index < -0.39 is 6.10 Å². The second-order valence-electron chi connectivity index (χ2n) is 17.4. The molecule has 0 rings (SSSR count). The van der Waals surface area contributed by atoms with Crippen LogP contribution in [0.2, 0.25) is 0 Å². The van der Waals surface area contributed by atoms with Crippen LogP contribution in [0.1, 0.15) is 252 Å². The van der Waals surface area contributed by atoms with E-state index in [1.165, 1.54) is 148 Å². The number of esters is 2. The lowest BCUT2D eigenvalue weighted by atomic mass is 10.0. The number of allylic oxidation sites excluding steroid dienone is 11. The molecule has 0 N–H and O–H groups in total. The maximum atomic E-state index is 12.8. The van der Waals surface area contributed by atoms with E-state index in [1.807, 2.05) is 0 Å². The highest BCUT2D eigenvalue weighted by Crippen LogP contribution is 2.15. The smallest absolute Gasteiger partial charge is 0.306 e. The van der Waals surface area contributed by atoms with Crippen molar-refractivity contribution in [3.05, 3.63) is 72.9 Å². The fourth-order valence-corrected chi connectivity index (χ4v) is 7.33. The van der Waals surface area contributed by atoms with Gasteiger partial charge in [-0.1, -0.05) is 235 Å². The van der Waals surface area contributed by atoms with E-state index >= 15 is 0 Å². The van der Waals surface area contributed by atoms with E-state index in [0.717, 1.165) is 70.6 Å². The highest BCUT2D eigenvalue weighted by Gasteiger charge is 2.17. The molecule has 0 aromatic heterocycles. The minimum absolute atomic E-state index is 0.0538. The summed E-state index contributed by atoms with van der Waals surface area (Å²) in [6.45, 7) is 7.52. The number of carbonyl (C=O) groups excluding carboxylic acids is 2. The summed E-state index contributed by atoms with van der Waals surface area (Å²) in [4.78, 5) is 25.4. The molecule has 0 radical (unpaired) electrons. The van der Waals surface area contributed by atoms with Gasteiger partial charge in [0, 0.05) is 12.8 Å². The molecule has 1 atom stereocenters. The van der Waals surface area contributed by atoms with Crippen LogP contribution in [0.25, 0.3) is 0 Å². The average Bonchev–Trinajstić information content (AvgIpc) is 3.27. The zero-order chi connectivity index (χ0) is 44.9. The molecule has 5 heteroatoms. The minimum atomic E-state index is -0.577. The largest absolute Gasteiger partial charge is 0.462 e. The summed E-state index contributed by atoms with van der Waals surface area (Å²) in [6.07, 6.45) is 67.9. The van der Waals surface area contributed by atoms with Crippen molar-refractivity contribution >= 4 is 11.9 Å². The van der Waals surface area contributed by atoms with E-state index in [9.17, 15) is 9.59 Å². The second-order valence-corrected chi connectivity index (χ2v) is 17.4. The summed E-state index contributed by atoms with van der Waals surface area (Å²) < 4.78 is 17.3. The first-order valence-corrected chi connectivity index (χ1v) is 26.5. The first-order chi connectivity index (χ1) is 30.6. The molecule has 0 aliphatic carbocycles. The Hall–Kier alpha value is -2.66. The Bertz CT molecular complexity index is 1110. The molecule has 0 saturated carbocycles. The van der Waals surface area contributed by atoms with Gasteiger partial charge in [0.05, 0.1) is 13.2 Å². The third-order valence-corrected chi connectivity index (χ3v) is 11.2. The van der Waals surface area contributed by atoms with Crippen molar-refractivity contribution in [3.63, 3.8) is 0 Å². The monoisotopic (exact) mass is 865 g/mol. The molecule has 0 aliphatic heterocycles. The van der Waals surface area contributed by atoms with Crippen molar-refractivity contribution in [3.8, 4) is 0 Å². The molecule has 5 nitrogen and oxygen atoms in total. The molecule has 0 aromatic carbocycles. The van der Waals surface area contributed by atoms with Gasteiger partial charge in [-0.3, -0.25) is 9.59 Å². The molecule has 0 saturated heterocycles. The number of carbonyl (C=O) groups is 2. The Labute approximate surface area is 385 Å². The molecule has 0 aliphatic rings. The van der Waals surface area contributed by atoms with E-state index in [2.05, 4.69) is 93.7 Å². The van der Waals surface area contributed by atoms with Crippen molar-refractivity contribution in [1.82, 2.24) is 0 Å². The average molecular weight is 865 g/mol. The molecular weight excluding hydrogens is 765 g/mol. The molecule has 0 aromatic rings. The van der Waals surface area contributed by atoms with Crippen LogP contribution in [0.3, 0.4) is 0 Å². The summed E-state index contributed by atoms with van der Waals surface area (Å²) >= 11 is 0. The standard InChI is InChI=1S/C57H100O5/c1-4-7-10-13-16-19-22-25-27-29-30-33-35-38-41-44-47-50-56(58)61-54-55(62-57(59)51-48-45-42-39-36-32-24-21-18-15-12-9-6-3)53-60-52-49-46-43-40-37-34-31-28-26-23-20-17-14-11-8-5-2/h8,11,17,20,25-28,34,37,43,46,55H,4-7,9-10,12-16,18-19,21-24,29-33,35-36,38-42,44-45,47-54H2,1-3H3/b11-8-,20-17-,27-25-,28-26-,37-34-,46-43-. The van der Waals surface area contributed by atoms with Gasteiger partial charge in [-0.05, 0) is 77.0 Å². The Kier molecular flexibility index (Phi) is 50.4. The van der Waals surface area contributed by atoms with Gasteiger partial charge < -0.3 is 14.2 Å². The molecule has 0 amide bonds. The van der Waals surface area contributed by atoms with Crippen LogP contribution in [-0.4, -0.2) is 37.9 Å². The van der Waals surface area contributed by atoms with Crippen molar-refractivity contribution in [2.45, 2.75) is 258 Å². The van der Waals surface area contributed by atoms with Crippen LogP contribution in [0.4, 0.5) is 0 Å². The zero-order valence-corrected chi connectivity index (χ0v) is 41.1. The normalized spacial score (nSPS) is 12.8. The summed E-state index contributed by atoms with van der Waals surface area (Å²) in [6, 6.07) is 0. The van der Waals surface area contributed by atoms with Crippen LogP contribution in [0.15, 0.2) is 72.9 Å². The number of ether oxygens (including phenoxy) is 3. The van der Waals surface area contributed by atoms with Gasteiger partial charge in [0.15, 0.2) is 6.10 Å². The maximum absolute atomic E-state index is 12.8. The van der Waals surface area contributed by atoms with Crippen LogP contribution >= 0.6 is 0 Å². The molecule has 0 spiro atoms. The lowest BCUT2D eigenvalue weighted by Crippen LogP contribution is -2.30. The summed E-state index contributed by atoms with van der Waals surface area (Å²) in [5.41, 5.74) is 0. The quantitative estimate of drug-likeness (QED) is 0.0346. The van der Waals surface area contributed by atoms with E-state index in [0.29, 0.717) is 19.4 Å². The van der Waals surface area contributed by atoms with Crippen LogP contribution < -0.4 is 0 Å². The summed E-state index contributed by atoms with van der Waals surface area (Å²) in [5.74, 6) is -0.436. The lowest BCUT2D eigenvalue weighted by molar-refractivity contribution is -0.162. The van der Waals surface area contributed by atoms with Crippen LogP contribution in [0, 0.1) is 0 Å². The van der Waals surface area contributed by atoms with Crippen molar-refractivity contribution in [2.24, 2.45) is 0 Å². The first kappa shape index (κ1) is 59.3. The molecule has 358 valence electrons.